The van der Waals surface area contributed by atoms with Gasteiger partial charge in [-0.15, -0.1) is 0 Å². The number of anilines is 2. The summed E-state index contributed by atoms with van der Waals surface area (Å²) in [5.74, 6) is 0.903. The van der Waals surface area contributed by atoms with Gasteiger partial charge in [0.05, 0.1) is 12.4 Å². The Morgan fingerprint density at radius 2 is 2.47 bits per heavy atom. The van der Waals surface area contributed by atoms with Crippen LogP contribution in [0.1, 0.15) is 12.8 Å². The fourth-order valence-corrected chi connectivity index (χ4v) is 1.99. The fraction of sp³-hybridized carbons (Fsp3) is 0.500. The van der Waals surface area contributed by atoms with Gasteiger partial charge in [0.1, 0.15) is 5.52 Å². The fourth-order valence-electron chi connectivity index (χ4n) is 1.99. The van der Waals surface area contributed by atoms with Crippen molar-refractivity contribution in [2.24, 2.45) is 0 Å². The summed E-state index contributed by atoms with van der Waals surface area (Å²) < 4.78 is 5.54. The molecule has 1 aliphatic heterocycles. The van der Waals surface area contributed by atoms with Gasteiger partial charge in [0.2, 0.25) is 5.95 Å². The molecule has 7 heteroatoms. The second-order valence-electron chi connectivity index (χ2n) is 4.05. The summed E-state index contributed by atoms with van der Waals surface area (Å²) in [6.07, 6.45) is 4.04. The first kappa shape index (κ1) is 10.3. The zero-order valence-electron chi connectivity index (χ0n) is 9.31. The molecule has 4 N–H and O–H groups in total. The average molecular weight is 234 g/mol. The first-order chi connectivity index (χ1) is 8.33. The first-order valence-corrected chi connectivity index (χ1v) is 5.65. The van der Waals surface area contributed by atoms with Crippen LogP contribution in [0.3, 0.4) is 0 Å². The van der Waals surface area contributed by atoms with E-state index < -0.39 is 0 Å². The number of aromatic amines is 1. The highest BCUT2D eigenvalue weighted by molar-refractivity contribution is 5.83. The highest BCUT2D eigenvalue weighted by Crippen LogP contribution is 2.18. The van der Waals surface area contributed by atoms with Crippen molar-refractivity contribution in [3.05, 3.63) is 6.33 Å². The number of imidazole rings is 1. The van der Waals surface area contributed by atoms with E-state index in [0.717, 1.165) is 31.5 Å². The van der Waals surface area contributed by atoms with Crippen molar-refractivity contribution >= 4 is 22.9 Å². The molecule has 1 aliphatic rings. The second-order valence-corrected chi connectivity index (χ2v) is 4.05. The summed E-state index contributed by atoms with van der Waals surface area (Å²) in [4.78, 5) is 15.3. The number of hydrogen-bond acceptors (Lipinski definition) is 6. The van der Waals surface area contributed by atoms with E-state index in [1.807, 2.05) is 0 Å². The summed E-state index contributed by atoms with van der Waals surface area (Å²) in [6, 6.07) is 0. The third-order valence-corrected chi connectivity index (χ3v) is 2.82. The lowest BCUT2D eigenvalue weighted by molar-refractivity contribution is 0.120. The monoisotopic (exact) mass is 234 g/mol. The number of aromatic nitrogens is 4. The van der Waals surface area contributed by atoms with Crippen LogP contribution in [-0.2, 0) is 4.74 Å². The topological polar surface area (TPSA) is 102 Å². The van der Waals surface area contributed by atoms with Gasteiger partial charge in [-0.2, -0.15) is 9.97 Å². The third kappa shape index (κ3) is 2.01. The van der Waals surface area contributed by atoms with Gasteiger partial charge in [-0.1, -0.05) is 0 Å². The van der Waals surface area contributed by atoms with Crippen LogP contribution in [0.4, 0.5) is 11.8 Å². The second kappa shape index (κ2) is 4.17. The Labute approximate surface area is 97.8 Å². The normalized spacial score (nSPS) is 19.9. The van der Waals surface area contributed by atoms with Crippen LogP contribution >= 0.6 is 0 Å². The van der Waals surface area contributed by atoms with Crippen LogP contribution in [0.5, 0.6) is 0 Å². The smallest absolute Gasteiger partial charge is 0.224 e. The van der Waals surface area contributed by atoms with Crippen molar-refractivity contribution in [1.82, 2.24) is 19.9 Å². The van der Waals surface area contributed by atoms with Gasteiger partial charge in [0.15, 0.2) is 11.5 Å². The van der Waals surface area contributed by atoms with Gasteiger partial charge in [-0.25, -0.2) is 4.98 Å². The van der Waals surface area contributed by atoms with Gasteiger partial charge in [0, 0.05) is 13.2 Å². The van der Waals surface area contributed by atoms with Crippen molar-refractivity contribution in [2.75, 3.05) is 24.2 Å². The molecule has 7 nitrogen and oxygen atoms in total. The third-order valence-electron chi connectivity index (χ3n) is 2.82. The maximum Gasteiger partial charge on any atom is 0.224 e. The van der Waals surface area contributed by atoms with Crippen LogP contribution in [0.15, 0.2) is 6.33 Å². The zero-order valence-corrected chi connectivity index (χ0v) is 9.31. The minimum absolute atomic E-state index is 0.222. The van der Waals surface area contributed by atoms with Crippen molar-refractivity contribution in [1.29, 1.82) is 0 Å². The molecule has 0 saturated carbocycles. The standard InChI is InChI=1S/C10H14N6O/c11-10-15-8(7-9(16-10)14-5-13-7)12-4-6-2-1-3-17-6/h5-6H,1-4H2,(H4,11,12,13,14,15,16). The van der Waals surface area contributed by atoms with E-state index in [4.69, 9.17) is 10.5 Å². The lowest BCUT2D eigenvalue weighted by Crippen LogP contribution is -2.19. The van der Waals surface area contributed by atoms with Gasteiger partial charge >= 0.3 is 0 Å². The summed E-state index contributed by atoms with van der Waals surface area (Å²) in [7, 11) is 0. The first-order valence-electron chi connectivity index (χ1n) is 5.65. The molecule has 0 spiro atoms. The molecule has 0 aromatic carbocycles. The Morgan fingerprint density at radius 1 is 1.53 bits per heavy atom. The van der Waals surface area contributed by atoms with Crippen LogP contribution in [0.2, 0.25) is 0 Å². The minimum atomic E-state index is 0.222. The predicted molar refractivity (Wildman–Crippen MR) is 63.6 cm³/mol. The van der Waals surface area contributed by atoms with E-state index in [-0.39, 0.29) is 12.1 Å². The maximum absolute atomic E-state index is 5.62. The van der Waals surface area contributed by atoms with E-state index in [9.17, 15) is 0 Å². The molecule has 3 rings (SSSR count). The molecular formula is C10H14N6O. The van der Waals surface area contributed by atoms with Crippen molar-refractivity contribution in [3.63, 3.8) is 0 Å². The molecule has 1 saturated heterocycles. The van der Waals surface area contributed by atoms with Gasteiger partial charge < -0.3 is 20.8 Å². The lowest BCUT2D eigenvalue weighted by atomic mass is 10.2. The number of H-pyrrole nitrogens is 1. The Balaban J connectivity index is 1.81. The molecule has 1 fully saturated rings. The molecule has 0 amide bonds. The number of nitrogens with zero attached hydrogens (tertiary/aromatic N) is 3. The number of rotatable bonds is 3. The van der Waals surface area contributed by atoms with Crippen molar-refractivity contribution in [2.45, 2.75) is 18.9 Å². The molecule has 1 unspecified atom stereocenters. The van der Waals surface area contributed by atoms with Crippen molar-refractivity contribution < 1.29 is 4.74 Å². The number of nitrogens with one attached hydrogen (secondary N) is 2. The highest BCUT2D eigenvalue weighted by Gasteiger charge is 2.16. The molecule has 0 bridgehead atoms. The molecular weight excluding hydrogens is 220 g/mol. The minimum Gasteiger partial charge on any atom is -0.376 e. The highest BCUT2D eigenvalue weighted by atomic mass is 16.5. The zero-order chi connectivity index (χ0) is 11.7. The van der Waals surface area contributed by atoms with Crippen LogP contribution in [-0.4, -0.2) is 39.2 Å². The van der Waals surface area contributed by atoms with Gasteiger partial charge in [-0.05, 0) is 12.8 Å². The van der Waals surface area contributed by atoms with E-state index in [0.29, 0.717) is 11.5 Å². The summed E-state index contributed by atoms with van der Waals surface area (Å²) in [6.45, 7) is 1.57. The molecule has 0 aliphatic carbocycles. The lowest BCUT2D eigenvalue weighted by Gasteiger charge is -2.11. The van der Waals surface area contributed by atoms with Gasteiger partial charge in [-0.3, -0.25) is 0 Å². The van der Waals surface area contributed by atoms with Crippen molar-refractivity contribution in [3.8, 4) is 0 Å². The van der Waals surface area contributed by atoms with Gasteiger partial charge in [0.25, 0.3) is 0 Å². The molecule has 0 radical (unpaired) electrons. The quantitative estimate of drug-likeness (QED) is 0.715. The maximum atomic E-state index is 5.62. The Bertz CT molecular complexity index is 518. The van der Waals surface area contributed by atoms with Crippen LogP contribution in [0.25, 0.3) is 11.2 Å². The van der Waals surface area contributed by atoms with Crippen LogP contribution in [0, 0.1) is 0 Å². The van der Waals surface area contributed by atoms with E-state index in [1.54, 1.807) is 6.33 Å². The molecule has 2 aromatic rings. The molecule has 90 valence electrons. The summed E-state index contributed by atoms with van der Waals surface area (Å²) >= 11 is 0. The van der Waals surface area contributed by atoms with E-state index in [1.165, 1.54) is 0 Å². The summed E-state index contributed by atoms with van der Waals surface area (Å²) in [5, 5.41) is 3.23. The Morgan fingerprint density at radius 3 is 3.29 bits per heavy atom. The molecule has 2 aromatic heterocycles. The number of nitrogens with two attached hydrogens (primary N) is 1. The SMILES string of the molecule is Nc1nc(NCC2CCCO2)c2[nH]cnc2n1. The number of fused-ring (bicyclic) bond motifs is 1. The molecule has 3 heterocycles. The number of nitrogen functional groups attached to an aromatic ring is 1. The summed E-state index contributed by atoms with van der Waals surface area (Å²) in [5.41, 5.74) is 6.97. The number of hydrogen-bond donors (Lipinski definition) is 3. The van der Waals surface area contributed by atoms with Crippen LogP contribution < -0.4 is 11.1 Å². The van der Waals surface area contributed by atoms with E-state index in [2.05, 4.69) is 25.3 Å². The average Bonchev–Trinajstić information content (AvgIpc) is 2.95. The number of ether oxygens (including phenoxy) is 1. The largest absolute Gasteiger partial charge is 0.376 e. The Kier molecular flexibility index (Phi) is 2.52. The molecule has 1 atom stereocenters. The Hall–Kier alpha value is -1.89. The van der Waals surface area contributed by atoms with E-state index >= 15 is 0 Å². The predicted octanol–water partition coefficient (Wildman–Crippen LogP) is 0.526. The molecule has 17 heavy (non-hydrogen) atoms.